The molecule has 0 spiro atoms. The number of benzene rings is 2. The van der Waals surface area contributed by atoms with E-state index in [0.717, 1.165) is 18.5 Å². The Morgan fingerprint density at radius 1 is 1.04 bits per heavy atom. The first-order valence-corrected chi connectivity index (χ1v) is 10.6. The Morgan fingerprint density at radius 3 is 2.37 bits per heavy atom. The maximum absolute atomic E-state index is 12.8. The van der Waals surface area contributed by atoms with E-state index in [1.54, 1.807) is 30.7 Å². The van der Waals surface area contributed by atoms with Gasteiger partial charge in [-0.3, -0.25) is 0 Å². The van der Waals surface area contributed by atoms with Crippen molar-refractivity contribution in [3.8, 4) is 5.69 Å². The fourth-order valence-corrected chi connectivity index (χ4v) is 4.66. The molecule has 142 valence electrons. The summed E-state index contributed by atoms with van der Waals surface area (Å²) >= 11 is 5.93. The van der Waals surface area contributed by atoms with Gasteiger partial charge in [0.15, 0.2) is 0 Å². The largest absolute Gasteiger partial charge is 0.244 e. The van der Waals surface area contributed by atoms with Gasteiger partial charge in [0.05, 0.1) is 17.1 Å². The first kappa shape index (κ1) is 19.6. The van der Waals surface area contributed by atoms with Gasteiger partial charge in [-0.15, -0.1) is 0 Å². The number of hydrogen-bond donors (Lipinski definition) is 1. The zero-order chi connectivity index (χ0) is 19.4. The predicted molar refractivity (Wildman–Crippen MR) is 108 cm³/mol. The number of nitrogens with one attached hydrogen (secondary N) is 1. The number of aromatic nitrogens is 2. The van der Waals surface area contributed by atoms with Crippen LogP contribution in [0.5, 0.6) is 0 Å². The van der Waals surface area contributed by atoms with Crippen molar-refractivity contribution in [2.45, 2.75) is 31.6 Å². The molecule has 2 aromatic carbocycles. The van der Waals surface area contributed by atoms with Crippen LogP contribution in [0.25, 0.3) is 5.69 Å². The van der Waals surface area contributed by atoms with Crippen molar-refractivity contribution in [1.82, 2.24) is 14.5 Å². The Morgan fingerprint density at radius 2 is 1.70 bits per heavy atom. The third kappa shape index (κ3) is 4.58. The lowest BCUT2D eigenvalue weighted by Crippen LogP contribution is -2.26. The zero-order valence-electron chi connectivity index (χ0n) is 15.3. The third-order valence-electron chi connectivity index (χ3n) is 4.34. The summed E-state index contributed by atoms with van der Waals surface area (Å²) in [5.41, 5.74) is 3.01. The van der Waals surface area contributed by atoms with Gasteiger partial charge in [0.25, 0.3) is 0 Å². The summed E-state index contributed by atoms with van der Waals surface area (Å²) in [6.07, 6.45) is 1.55. The molecule has 1 N–H and O–H groups in total. The minimum atomic E-state index is -3.63. The highest BCUT2D eigenvalue weighted by atomic mass is 35.5. The zero-order valence-corrected chi connectivity index (χ0v) is 16.9. The molecule has 0 atom stereocenters. The number of aryl methyl sites for hydroxylation is 2. The topological polar surface area (TPSA) is 64.0 Å². The van der Waals surface area contributed by atoms with Crippen LogP contribution in [0, 0.1) is 13.8 Å². The maximum Gasteiger partial charge on any atom is 0.244 e. The molecule has 5 nitrogen and oxygen atoms in total. The Kier molecular flexibility index (Phi) is 5.99. The molecule has 1 aromatic heterocycles. The van der Waals surface area contributed by atoms with Gasteiger partial charge in [-0.25, -0.2) is 17.8 Å². The van der Waals surface area contributed by atoms with Gasteiger partial charge in [0, 0.05) is 11.6 Å². The Bertz CT molecular complexity index is 1010. The van der Waals surface area contributed by atoms with E-state index in [-0.39, 0.29) is 4.90 Å². The molecule has 0 bridgehead atoms. The first-order chi connectivity index (χ1) is 12.9. The highest BCUT2D eigenvalue weighted by molar-refractivity contribution is 7.89. The van der Waals surface area contributed by atoms with Gasteiger partial charge in [0.1, 0.15) is 4.90 Å². The second kappa shape index (κ2) is 8.25. The SMILES string of the molecule is Cc1nn(-c2ccc(Cl)cc2)c(C)c1S(=O)(=O)NCCCc1ccccc1. The summed E-state index contributed by atoms with van der Waals surface area (Å²) in [6.45, 7) is 3.84. The number of rotatable bonds is 7. The molecule has 1 heterocycles. The molecule has 0 unspecified atom stereocenters. The fourth-order valence-electron chi connectivity index (χ4n) is 3.07. The van der Waals surface area contributed by atoms with E-state index in [1.807, 2.05) is 42.5 Å². The van der Waals surface area contributed by atoms with Crippen molar-refractivity contribution in [1.29, 1.82) is 0 Å². The number of sulfonamides is 1. The lowest BCUT2D eigenvalue weighted by Gasteiger charge is -2.08. The van der Waals surface area contributed by atoms with E-state index in [2.05, 4.69) is 9.82 Å². The summed E-state index contributed by atoms with van der Waals surface area (Å²) in [6, 6.07) is 17.1. The minimum Gasteiger partial charge on any atom is -0.236 e. The van der Waals surface area contributed by atoms with Crippen LogP contribution in [-0.4, -0.2) is 24.7 Å². The van der Waals surface area contributed by atoms with Crippen LogP contribution in [0.1, 0.15) is 23.4 Å². The average molecular weight is 404 g/mol. The van der Waals surface area contributed by atoms with Crippen molar-refractivity contribution in [2.75, 3.05) is 6.54 Å². The maximum atomic E-state index is 12.8. The molecule has 0 aliphatic heterocycles. The van der Waals surface area contributed by atoms with E-state index in [9.17, 15) is 8.42 Å². The van der Waals surface area contributed by atoms with Crippen molar-refractivity contribution in [3.63, 3.8) is 0 Å². The Labute approximate surface area is 165 Å². The summed E-state index contributed by atoms with van der Waals surface area (Å²) in [5, 5.41) is 5.03. The van der Waals surface area contributed by atoms with E-state index >= 15 is 0 Å². The van der Waals surface area contributed by atoms with Gasteiger partial charge in [-0.2, -0.15) is 5.10 Å². The van der Waals surface area contributed by atoms with Crippen LogP contribution in [-0.2, 0) is 16.4 Å². The van der Waals surface area contributed by atoms with E-state index in [0.29, 0.717) is 23.0 Å². The molecule has 0 amide bonds. The lowest BCUT2D eigenvalue weighted by molar-refractivity contribution is 0.577. The minimum absolute atomic E-state index is 0.233. The Hall–Kier alpha value is -2.15. The number of halogens is 1. The predicted octanol–water partition coefficient (Wildman–Crippen LogP) is 4.05. The molecule has 3 rings (SSSR count). The molecule has 3 aromatic rings. The Balaban J connectivity index is 1.73. The van der Waals surface area contributed by atoms with Crippen LogP contribution in [0.2, 0.25) is 5.02 Å². The molecule has 0 aliphatic rings. The first-order valence-electron chi connectivity index (χ1n) is 8.74. The van der Waals surface area contributed by atoms with Gasteiger partial charge < -0.3 is 0 Å². The van der Waals surface area contributed by atoms with Gasteiger partial charge in [0.2, 0.25) is 10.0 Å². The average Bonchev–Trinajstić information content (AvgIpc) is 2.95. The standard InChI is InChI=1S/C20H22ClN3O2S/c1-15-20(16(2)24(23-15)19-12-10-18(21)11-13-19)27(25,26)22-14-6-9-17-7-4-3-5-8-17/h3-5,7-8,10-13,22H,6,9,14H2,1-2H3. The highest BCUT2D eigenvalue weighted by Crippen LogP contribution is 2.23. The fraction of sp³-hybridized carbons (Fsp3) is 0.250. The molecule has 7 heteroatoms. The summed E-state index contributed by atoms with van der Waals surface area (Å²) in [5.74, 6) is 0. The lowest BCUT2D eigenvalue weighted by atomic mass is 10.1. The van der Waals surface area contributed by atoms with Gasteiger partial charge in [-0.1, -0.05) is 41.9 Å². The van der Waals surface area contributed by atoms with E-state index < -0.39 is 10.0 Å². The summed E-state index contributed by atoms with van der Waals surface area (Å²) in [7, 11) is -3.63. The van der Waals surface area contributed by atoms with Crippen LogP contribution in [0.3, 0.4) is 0 Å². The molecule has 0 aliphatic carbocycles. The second-order valence-electron chi connectivity index (χ2n) is 6.38. The highest BCUT2D eigenvalue weighted by Gasteiger charge is 2.24. The van der Waals surface area contributed by atoms with Crippen LogP contribution >= 0.6 is 11.6 Å². The van der Waals surface area contributed by atoms with Crippen molar-refractivity contribution in [2.24, 2.45) is 0 Å². The molecular weight excluding hydrogens is 382 g/mol. The van der Waals surface area contributed by atoms with Crippen molar-refractivity contribution in [3.05, 3.63) is 76.6 Å². The smallest absolute Gasteiger partial charge is 0.236 e. The van der Waals surface area contributed by atoms with Crippen LogP contribution < -0.4 is 4.72 Å². The van der Waals surface area contributed by atoms with Gasteiger partial charge >= 0.3 is 0 Å². The molecule has 27 heavy (non-hydrogen) atoms. The molecule has 0 radical (unpaired) electrons. The second-order valence-corrected chi connectivity index (χ2v) is 8.52. The van der Waals surface area contributed by atoms with Crippen LogP contribution in [0.4, 0.5) is 0 Å². The van der Waals surface area contributed by atoms with E-state index in [1.165, 1.54) is 5.56 Å². The number of hydrogen-bond acceptors (Lipinski definition) is 3. The molecule has 0 saturated heterocycles. The van der Waals surface area contributed by atoms with Crippen molar-refractivity contribution < 1.29 is 8.42 Å². The van der Waals surface area contributed by atoms with Gasteiger partial charge in [-0.05, 0) is 56.5 Å². The molecular formula is C20H22ClN3O2S. The summed E-state index contributed by atoms with van der Waals surface area (Å²) < 4.78 is 29.9. The van der Waals surface area contributed by atoms with Crippen molar-refractivity contribution >= 4 is 21.6 Å². The molecule has 0 saturated carbocycles. The number of nitrogens with zero attached hydrogens (tertiary/aromatic N) is 2. The monoisotopic (exact) mass is 403 g/mol. The third-order valence-corrected chi connectivity index (χ3v) is 6.31. The normalized spacial score (nSPS) is 11.7. The van der Waals surface area contributed by atoms with E-state index in [4.69, 9.17) is 11.6 Å². The quantitative estimate of drug-likeness (QED) is 0.605. The summed E-state index contributed by atoms with van der Waals surface area (Å²) in [4.78, 5) is 0.233. The van der Waals surface area contributed by atoms with Crippen LogP contribution in [0.15, 0.2) is 59.5 Å². The molecule has 0 fully saturated rings.